The zero-order valence-corrected chi connectivity index (χ0v) is 20.8. The molecule has 36 heavy (non-hydrogen) atoms. The first kappa shape index (κ1) is 27.0. The number of esters is 1. The molecule has 1 aromatic heterocycles. The fourth-order valence-electron chi connectivity index (χ4n) is 3.23. The lowest BCUT2D eigenvalue weighted by Gasteiger charge is -2.12. The fourth-order valence-corrected chi connectivity index (χ4v) is 3.46. The molecule has 2 N–H and O–H groups in total. The van der Waals surface area contributed by atoms with Crippen LogP contribution < -0.4 is 19.9 Å². The van der Waals surface area contributed by atoms with Gasteiger partial charge in [-0.05, 0) is 30.3 Å². The highest BCUT2D eigenvalue weighted by molar-refractivity contribution is 6.32. The molecule has 2 aromatic carbocycles. The summed E-state index contributed by atoms with van der Waals surface area (Å²) < 4.78 is 40.9. The van der Waals surface area contributed by atoms with E-state index in [-0.39, 0.29) is 0 Å². The van der Waals surface area contributed by atoms with Gasteiger partial charge in [-0.3, -0.25) is 4.98 Å². The molecule has 0 saturated carbocycles. The molecule has 0 aliphatic carbocycles. The van der Waals surface area contributed by atoms with Gasteiger partial charge >= 0.3 is 5.97 Å². The summed E-state index contributed by atoms with van der Waals surface area (Å²) in [6.45, 7) is 1.76. The molecule has 0 aliphatic heterocycles. The molecule has 0 unspecified atom stereocenters. The smallest absolute Gasteiger partial charge is 0.339 e. The van der Waals surface area contributed by atoms with Gasteiger partial charge in [-0.2, -0.15) is 0 Å². The summed E-state index contributed by atoms with van der Waals surface area (Å²) in [5.41, 5.74) is 7.61. The second kappa shape index (κ2) is 13.5. The van der Waals surface area contributed by atoms with Crippen LogP contribution in [0.4, 0.5) is 10.1 Å². The number of carbonyl (C=O) groups is 1. The second-order valence-corrected chi connectivity index (χ2v) is 8.05. The van der Waals surface area contributed by atoms with Gasteiger partial charge in [0.2, 0.25) is 0 Å². The molecule has 0 fully saturated rings. The number of ether oxygens (including phenoxy) is 5. The maximum absolute atomic E-state index is 14.1. The Labute approximate surface area is 214 Å². The molecule has 3 aromatic rings. The molecule has 1 heterocycles. The fraction of sp³-hybridized carbons (Fsp3) is 0.308. The van der Waals surface area contributed by atoms with E-state index in [0.717, 1.165) is 0 Å². The maximum Gasteiger partial charge on any atom is 0.339 e. The van der Waals surface area contributed by atoms with E-state index < -0.39 is 11.8 Å². The van der Waals surface area contributed by atoms with Crippen LogP contribution >= 0.6 is 11.6 Å². The van der Waals surface area contributed by atoms with Crippen molar-refractivity contribution in [2.45, 2.75) is 12.8 Å². The van der Waals surface area contributed by atoms with Gasteiger partial charge in [0.1, 0.15) is 23.1 Å². The summed E-state index contributed by atoms with van der Waals surface area (Å²) in [5, 5.41) is 0.417. The van der Waals surface area contributed by atoms with Gasteiger partial charge in [0, 0.05) is 49.9 Å². The number of methoxy groups -OCH3 is 2. The number of nitrogen functional groups attached to an aromatic ring is 1. The average molecular weight is 519 g/mol. The lowest BCUT2D eigenvalue weighted by atomic mass is 10.1. The number of hydrogen-bond donors (Lipinski definition) is 1. The van der Waals surface area contributed by atoms with Crippen molar-refractivity contribution in [3.8, 4) is 28.5 Å². The first-order chi connectivity index (χ1) is 17.4. The van der Waals surface area contributed by atoms with Crippen LogP contribution in [-0.2, 0) is 9.47 Å². The SMILES string of the molecule is COC(=O)c1ccc(-c2cc(F)cc(OCCCOCCCOc3cc(OC)c(N)cc3Cl)c2)nc1. The predicted molar refractivity (Wildman–Crippen MR) is 134 cm³/mol. The standard InChI is InChI=1S/C26H28ClFN2O6/c1-32-25-15-24(21(27)14-22(25)29)36-10-4-8-34-7-3-9-35-20-12-18(11-19(28)13-20)23-6-5-17(16-30-23)26(31)33-2/h5-6,11-16H,3-4,7-10,29H2,1-2H3. The topological polar surface area (TPSA) is 102 Å². The number of rotatable bonds is 13. The quantitative estimate of drug-likeness (QED) is 0.188. The number of aromatic nitrogens is 1. The Balaban J connectivity index is 1.37. The Bertz CT molecular complexity index is 1160. The molecule has 0 amide bonds. The number of pyridine rings is 1. The summed E-state index contributed by atoms with van der Waals surface area (Å²) >= 11 is 6.13. The minimum Gasteiger partial charge on any atom is -0.494 e. The summed E-state index contributed by atoms with van der Waals surface area (Å²) in [6.07, 6.45) is 2.68. The van der Waals surface area contributed by atoms with E-state index in [2.05, 4.69) is 9.72 Å². The zero-order valence-electron chi connectivity index (χ0n) is 20.1. The Kier molecular flexibility index (Phi) is 10.1. The van der Waals surface area contributed by atoms with Gasteiger partial charge in [-0.15, -0.1) is 0 Å². The van der Waals surface area contributed by atoms with Crippen molar-refractivity contribution < 1.29 is 32.9 Å². The molecule has 0 aliphatic rings. The molecule has 8 nitrogen and oxygen atoms in total. The van der Waals surface area contributed by atoms with E-state index in [0.29, 0.717) is 84.0 Å². The maximum atomic E-state index is 14.1. The molecular weight excluding hydrogens is 491 g/mol. The van der Waals surface area contributed by atoms with Gasteiger partial charge in [-0.1, -0.05) is 11.6 Å². The van der Waals surface area contributed by atoms with E-state index in [1.165, 1.54) is 32.5 Å². The summed E-state index contributed by atoms with van der Waals surface area (Å²) in [6, 6.07) is 10.8. The molecule has 0 atom stereocenters. The normalized spacial score (nSPS) is 10.7. The molecule has 3 rings (SSSR count). The van der Waals surface area contributed by atoms with Gasteiger partial charge in [0.25, 0.3) is 0 Å². The molecule has 0 bridgehead atoms. The van der Waals surface area contributed by atoms with Crippen molar-refractivity contribution in [3.05, 3.63) is 65.1 Å². The van der Waals surface area contributed by atoms with Crippen LogP contribution in [0.3, 0.4) is 0 Å². The highest BCUT2D eigenvalue weighted by atomic mass is 35.5. The van der Waals surface area contributed by atoms with Crippen LogP contribution in [0.2, 0.25) is 5.02 Å². The van der Waals surface area contributed by atoms with Crippen LogP contribution in [0.1, 0.15) is 23.2 Å². The van der Waals surface area contributed by atoms with Crippen molar-refractivity contribution in [3.63, 3.8) is 0 Å². The highest BCUT2D eigenvalue weighted by Crippen LogP contribution is 2.34. The molecule has 192 valence electrons. The van der Waals surface area contributed by atoms with Crippen molar-refractivity contribution in [2.75, 3.05) is 46.4 Å². The highest BCUT2D eigenvalue weighted by Gasteiger charge is 2.10. The van der Waals surface area contributed by atoms with E-state index in [1.54, 1.807) is 30.3 Å². The lowest BCUT2D eigenvalue weighted by Crippen LogP contribution is -2.07. The summed E-state index contributed by atoms with van der Waals surface area (Å²) in [5.74, 6) is 0.451. The van der Waals surface area contributed by atoms with Gasteiger partial charge < -0.3 is 29.4 Å². The van der Waals surface area contributed by atoms with Crippen LogP contribution in [0, 0.1) is 5.82 Å². The molecule has 0 saturated heterocycles. The van der Waals surface area contributed by atoms with Crippen molar-refractivity contribution in [2.24, 2.45) is 0 Å². The van der Waals surface area contributed by atoms with E-state index in [9.17, 15) is 9.18 Å². The Morgan fingerprint density at radius 1 is 0.972 bits per heavy atom. The number of carbonyl (C=O) groups excluding carboxylic acids is 1. The number of halogens is 2. The Morgan fingerprint density at radius 2 is 1.72 bits per heavy atom. The third kappa shape index (κ3) is 7.73. The zero-order chi connectivity index (χ0) is 25.9. The van der Waals surface area contributed by atoms with Gasteiger partial charge in [-0.25, -0.2) is 9.18 Å². The van der Waals surface area contributed by atoms with Gasteiger partial charge in [0.05, 0.1) is 49.4 Å². The first-order valence-corrected chi connectivity index (χ1v) is 11.6. The minimum atomic E-state index is -0.487. The van der Waals surface area contributed by atoms with E-state index in [4.69, 9.17) is 36.3 Å². The van der Waals surface area contributed by atoms with E-state index >= 15 is 0 Å². The number of anilines is 1. The molecule has 10 heteroatoms. The monoisotopic (exact) mass is 518 g/mol. The molecule has 0 spiro atoms. The lowest BCUT2D eigenvalue weighted by molar-refractivity contribution is 0.0600. The average Bonchev–Trinajstić information content (AvgIpc) is 2.88. The first-order valence-electron chi connectivity index (χ1n) is 11.2. The largest absolute Gasteiger partial charge is 0.494 e. The molecule has 0 radical (unpaired) electrons. The van der Waals surface area contributed by atoms with Crippen LogP contribution in [0.15, 0.2) is 48.7 Å². The van der Waals surface area contributed by atoms with Gasteiger partial charge in [0.15, 0.2) is 0 Å². The number of nitrogens with zero attached hydrogens (tertiary/aromatic N) is 1. The third-order valence-electron chi connectivity index (χ3n) is 5.03. The van der Waals surface area contributed by atoms with Crippen LogP contribution in [-0.4, -0.2) is 51.6 Å². The summed E-state index contributed by atoms with van der Waals surface area (Å²) in [4.78, 5) is 15.8. The summed E-state index contributed by atoms with van der Waals surface area (Å²) in [7, 11) is 2.82. The Morgan fingerprint density at radius 3 is 2.39 bits per heavy atom. The predicted octanol–water partition coefficient (Wildman–Crippen LogP) is 5.17. The molecular formula is C26H28ClFN2O6. The van der Waals surface area contributed by atoms with E-state index in [1.807, 2.05) is 0 Å². The van der Waals surface area contributed by atoms with Crippen LogP contribution in [0.25, 0.3) is 11.3 Å². The number of hydrogen-bond acceptors (Lipinski definition) is 8. The van der Waals surface area contributed by atoms with Crippen molar-refractivity contribution in [1.29, 1.82) is 0 Å². The number of benzene rings is 2. The van der Waals surface area contributed by atoms with Crippen LogP contribution in [0.5, 0.6) is 17.2 Å². The van der Waals surface area contributed by atoms with Crippen molar-refractivity contribution in [1.82, 2.24) is 4.98 Å². The Hall–Kier alpha value is -3.56. The third-order valence-corrected chi connectivity index (χ3v) is 5.32. The second-order valence-electron chi connectivity index (χ2n) is 7.64. The number of nitrogens with two attached hydrogens (primary N) is 1. The minimum absolute atomic E-state index is 0.315. The van der Waals surface area contributed by atoms with Crippen molar-refractivity contribution >= 4 is 23.3 Å².